The molecule has 0 fully saturated rings. The number of halogens is 4. The number of carbonyl (C=O) groups is 2. The van der Waals surface area contributed by atoms with Crippen molar-refractivity contribution in [2.24, 2.45) is 0 Å². The molecule has 0 bridgehead atoms. The number of ether oxygens (including phenoxy) is 2. The van der Waals surface area contributed by atoms with Crippen molar-refractivity contribution < 1.29 is 36.6 Å². The second-order valence-corrected chi connectivity index (χ2v) is 6.75. The highest BCUT2D eigenvalue weighted by atomic mass is 19.3. The molecule has 0 atom stereocenters. The summed E-state index contributed by atoms with van der Waals surface area (Å²) in [6.45, 7) is -6.09. The Morgan fingerprint density at radius 3 is 1.33 bits per heavy atom. The van der Waals surface area contributed by atoms with E-state index >= 15 is 0 Å². The number of amides is 2. The Morgan fingerprint density at radius 2 is 1.06 bits per heavy atom. The van der Waals surface area contributed by atoms with Crippen LogP contribution >= 0.6 is 0 Å². The molecule has 0 radical (unpaired) electrons. The largest absolute Gasteiger partial charge is 0.435 e. The molecule has 2 rings (SSSR count). The van der Waals surface area contributed by atoms with E-state index in [0.29, 0.717) is 11.1 Å². The van der Waals surface area contributed by atoms with Gasteiger partial charge in [0.2, 0.25) is 0 Å². The summed E-state index contributed by atoms with van der Waals surface area (Å²) >= 11 is 0. The first-order valence-electron chi connectivity index (χ1n) is 10.1. The Balaban J connectivity index is 1.88. The van der Waals surface area contributed by atoms with Crippen LogP contribution in [0.1, 0.15) is 11.1 Å². The molecule has 12 heteroatoms. The molecule has 186 valence electrons. The van der Waals surface area contributed by atoms with Gasteiger partial charge in [0.15, 0.2) is 0 Å². The van der Waals surface area contributed by atoms with Crippen molar-refractivity contribution in [1.29, 1.82) is 10.5 Å². The smallest absolute Gasteiger partial charge is 0.387 e. The van der Waals surface area contributed by atoms with Gasteiger partial charge < -0.3 is 20.1 Å². The quantitative estimate of drug-likeness (QED) is 0.209. The van der Waals surface area contributed by atoms with Crippen molar-refractivity contribution in [3.05, 3.63) is 70.8 Å². The number of rotatable bonds is 11. The van der Waals surface area contributed by atoms with Gasteiger partial charge in [0.25, 0.3) is 11.8 Å². The number of alkyl halides is 4. The molecule has 0 saturated carbocycles. The summed E-state index contributed by atoms with van der Waals surface area (Å²) in [6.07, 6.45) is 2.49. The minimum atomic E-state index is -2.98. The van der Waals surface area contributed by atoms with E-state index in [4.69, 9.17) is 0 Å². The van der Waals surface area contributed by atoms with Crippen molar-refractivity contribution in [2.75, 3.05) is 13.1 Å². The number of carbonyl (C=O) groups excluding carboxylic acids is 2. The highest BCUT2D eigenvalue weighted by molar-refractivity contribution is 6.02. The lowest BCUT2D eigenvalue weighted by molar-refractivity contribution is -0.118. The number of hydrogen-bond donors (Lipinski definition) is 2. The second-order valence-electron chi connectivity index (χ2n) is 6.75. The van der Waals surface area contributed by atoms with Gasteiger partial charge >= 0.3 is 13.2 Å². The van der Waals surface area contributed by atoms with Crippen LogP contribution in [-0.2, 0) is 9.59 Å². The first kappa shape index (κ1) is 27.4. The van der Waals surface area contributed by atoms with E-state index in [1.165, 1.54) is 60.7 Å². The van der Waals surface area contributed by atoms with Crippen molar-refractivity contribution in [3.63, 3.8) is 0 Å². The van der Waals surface area contributed by atoms with Gasteiger partial charge in [0.1, 0.15) is 34.8 Å². The van der Waals surface area contributed by atoms with Gasteiger partial charge in [-0.3, -0.25) is 9.59 Å². The maximum absolute atomic E-state index is 12.2. The summed E-state index contributed by atoms with van der Waals surface area (Å²) in [5, 5.41) is 23.3. The Labute approximate surface area is 203 Å². The van der Waals surface area contributed by atoms with Gasteiger partial charge in [-0.25, -0.2) is 0 Å². The first-order chi connectivity index (χ1) is 17.2. The summed E-state index contributed by atoms with van der Waals surface area (Å²) in [6, 6.07) is 14.0. The minimum absolute atomic E-state index is 0.0663. The summed E-state index contributed by atoms with van der Waals surface area (Å²) in [4.78, 5) is 24.4. The Kier molecular flexibility index (Phi) is 10.5. The van der Waals surface area contributed by atoms with Crippen LogP contribution < -0.4 is 20.1 Å². The molecule has 0 heterocycles. The normalized spacial score (nSPS) is 11.4. The van der Waals surface area contributed by atoms with Crippen LogP contribution in [0.25, 0.3) is 12.2 Å². The first-order valence-corrected chi connectivity index (χ1v) is 10.1. The molecular weight excluding hydrogens is 484 g/mol. The Hall–Kier alpha value is -4.84. The zero-order valence-corrected chi connectivity index (χ0v) is 18.4. The van der Waals surface area contributed by atoms with Gasteiger partial charge in [0.05, 0.1) is 0 Å². The van der Waals surface area contributed by atoms with E-state index in [2.05, 4.69) is 20.1 Å². The number of nitrogens with zero attached hydrogens (tertiary/aromatic N) is 2. The third-order valence-electron chi connectivity index (χ3n) is 4.26. The number of nitriles is 2. The van der Waals surface area contributed by atoms with E-state index in [9.17, 15) is 37.7 Å². The van der Waals surface area contributed by atoms with Crippen LogP contribution in [0.4, 0.5) is 17.6 Å². The lowest BCUT2D eigenvalue weighted by atomic mass is 10.1. The molecule has 0 aliphatic rings. The number of hydrogen-bond acceptors (Lipinski definition) is 6. The van der Waals surface area contributed by atoms with Gasteiger partial charge in [0, 0.05) is 13.1 Å². The fraction of sp³-hybridized carbons (Fsp3) is 0.167. The number of nitrogens with one attached hydrogen (secondary N) is 2. The van der Waals surface area contributed by atoms with Crippen LogP contribution in [-0.4, -0.2) is 38.1 Å². The molecule has 8 nitrogen and oxygen atoms in total. The third kappa shape index (κ3) is 9.19. The zero-order valence-electron chi connectivity index (χ0n) is 18.4. The standard InChI is InChI=1S/C24H18F4N4O4/c25-23(26)35-19-5-1-15(2-6-19)11-17(13-29)21(33)31-9-10-32-22(34)18(14-30)12-16-3-7-20(8-4-16)36-24(27)28/h1-8,11-12,23-24H,9-10H2,(H,31,33)(H,32,34). The molecule has 2 aromatic carbocycles. The van der Waals surface area contributed by atoms with Crippen LogP contribution in [0.15, 0.2) is 59.7 Å². The average Bonchev–Trinajstić information content (AvgIpc) is 2.84. The average molecular weight is 502 g/mol. The van der Waals surface area contributed by atoms with Crippen molar-refractivity contribution in [2.45, 2.75) is 13.2 Å². The molecule has 36 heavy (non-hydrogen) atoms. The molecule has 0 aliphatic carbocycles. The van der Waals surface area contributed by atoms with E-state index in [1.54, 1.807) is 12.1 Å². The van der Waals surface area contributed by atoms with Gasteiger partial charge in [-0.1, -0.05) is 24.3 Å². The van der Waals surface area contributed by atoms with Gasteiger partial charge in [-0.15, -0.1) is 0 Å². The van der Waals surface area contributed by atoms with Crippen LogP contribution in [0, 0.1) is 22.7 Å². The summed E-state index contributed by atoms with van der Waals surface area (Å²) in [5.41, 5.74) is 0.268. The summed E-state index contributed by atoms with van der Waals surface area (Å²) in [7, 11) is 0. The fourth-order valence-electron chi connectivity index (χ4n) is 2.66. The molecule has 2 N–H and O–H groups in total. The molecule has 0 unspecified atom stereocenters. The monoisotopic (exact) mass is 502 g/mol. The van der Waals surface area contributed by atoms with E-state index in [1.807, 2.05) is 0 Å². The highest BCUT2D eigenvalue weighted by Crippen LogP contribution is 2.18. The molecule has 2 aromatic rings. The second kappa shape index (κ2) is 13.8. The Bertz CT molecular complexity index is 1100. The van der Waals surface area contributed by atoms with Crippen molar-refractivity contribution in [1.82, 2.24) is 10.6 Å². The maximum atomic E-state index is 12.2. The van der Waals surface area contributed by atoms with Crippen LogP contribution in [0.2, 0.25) is 0 Å². The summed E-state index contributed by atoms with van der Waals surface area (Å²) < 4.78 is 57.2. The molecule has 0 aromatic heterocycles. The predicted octanol–water partition coefficient (Wildman–Crippen LogP) is 3.64. The van der Waals surface area contributed by atoms with Crippen LogP contribution in [0.3, 0.4) is 0 Å². The van der Waals surface area contributed by atoms with E-state index < -0.39 is 25.0 Å². The zero-order chi connectivity index (χ0) is 26.5. The highest BCUT2D eigenvalue weighted by Gasteiger charge is 2.12. The lowest BCUT2D eigenvalue weighted by Gasteiger charge is -2.07. The molecule has 2 amide bonds. The topological polar surface area (TPSA) is 124 Å². The predicted molar refractivity (Wildman–Crippen MR) is 119 cm³/mol. The SMILES string of the molecule is N#CC(=Cc1ccc(OC(F)F)cc1)C(=O)NCCNC(=O)C(C#N)=Cc1ccc(OC(F)F)cc1. The molecule has 0 aliphatic heterocycles. The lowest BCUT2D eigenvalue weighted by Crippen LogP contribution is -2.35. The minimum Gasteiger partial charge on any atom is -0.435 e. The molecule has 0 saturated heterocycles. The van der Waals surface area contributed by atoms with Gasteiger partial charge in [-0.05, 0) is 47.5 Å². The number of benzene rings is 2. The van der Waals surface area contributed by atoms with Crippen LogP contribution in [0.5, 0.6) is 11.5 Å². The maximum Gasteiger partial charge on any atom is 0.387 e. The molecular formula is C24H18F4N4O4. The van der Waals surface area contributed by atoms with E-state index in [-0.39, 0.29) is 35.7 Å². The van der Waals surface area contributed by atoms with Crippen molar-refractivity contribution >= 4 is 24.0 Å². The van der Waals surface area contributed by atoms with Crippen molar-refractivity contribution in [3.8, 4) is 23.6 Å². The van der Waals surface area contributed by atoms with Gasteiger partial charge in [-0.2, -0.15) is 28.1 Å². The molecule has 0 spiro atoms. The third-order valence-corrected chi connectivity index (χ3v) is 4.26. The van der Waals surface area contributed by atoms with E-state index in [0.717, 1.165) is 0 Å². The fourth-order valence-corrected chi connectivity index (χ4v) is 2.66. The summed E-state index contributed by atoms with van der Waals surface area (Å²) in [5.74, 6) is -1.63. The Morgan fingerprint density at radius 1 is 0.722 bits per heavy atom.